The molecule has 0 bridgehead atoms. The first kappa shape index (κ1) is 16.0. The van der Waals surface area contributed by atoms with Crippen molar-refractivity contribution in [3.63, 3.8) is 0 Å². The zero-order valence-electron chi connectivity index (χ0n) is 13.2. The van der Waals surface area contributed by atoms with Crippen LogP contribution in [0.3, 0.4) is 0 Å². The Morgan fingerprint density at radius 3 is 2.71 bits per heavy atom. The highest BCUT2D eigenvalue weighted by atomic mass is 16.5. The number of aliphatic hydroxyl groups is 1. The quantitative estimate of drug-likeness (QED) is 0.809. The SMILES string of the molecule is CCCOc1cc(C)nc(NCC2(CO)CCCCC2)n1. The van der Waals surface area contributed by atoms with Crippen molar-refractivity contribution in [2.24, 2.45) is 5.41 Å². The average Bonchev–Trinajstić information content (AvgIpc) is 2.51. The lowest BCUT2D eigenvalue weighted by atomic mass is 9.74. The lowest BCUT2D eigenvalue weighted by molar-refractivity contribution is 0.0942. The maximum atomic E-state index is 9.74. The summed E-state index contributed by atoms with van der Waals surface area (Å²) in [5.41, 5.74) is 0.871. The van der Waals surface area contributed by atoms with Crippen molar-refractivity contribution >= 4 is 5.95 Å². The van der Waals surface area contributed by atoms with Gasteiger partial charge >= 0.3 is 0 Å². The Kier molecular flexibility index (Phi) is 5.79. The molecule has 1 saturated carbocycles. The fraction of sp³-hybridized carbons (Fsp3) is 0.750. The number of hydrogen-bond acceptors (Lipinski definition) is 5. The number of nitrogens with zero attached hydrogens (tertiary/aromatic N) is 2. The van der Waals surface area contributed by atoms with Crippen LogP contribution in [0.5, 0.6) is 5.88 Å². The van der Waals surface area contributed by atoms with Crippen molar-refractivity contribution in [1.82, 2.24) is 9.97 Å². The van der Waals surface area contributed by atoms with E-state index in [2.05, 4.69) is 22.2 Å². The third kappa shape index (κ3) is 4.56. The fourth-order valence-corrected chi connectivity index (χ4v) is 2.86. The van der Waals surface area contributed by atoms with Crippen molar-refractivity contribution in [3.05, 3.63) is 11.8 Å². The zero-order valence-corrected chi connectivity index (χ0v) is 13.2. The van der Waals surface area contributed by atoms with Crippen molar-refractivity contribution < 1.29 is 9.84 Å². The molecule has 0 saturated heterocycles. The van der Waals surface area contributed by atoms with Gasteiger partial charge in [0.25, 0.3) is 0 Å². The van der Waals surface area contributed by atoms with Gasteiger partial charge in [-0.25, -0.2) is 4.98 Å². The Bertz CT molecular complexity index is 445. The van der Waals surface area contributed by atoms with Crippen LogP contribution in [0.15, 0.2) is 6.07 Å². The highest BCUT2D eigenvalue weighted by molar-refractivity contribution is 5.31. The Labute approximate surface area is 127 Å². The van der Waals surface area contributed by atoms with E-state index in [1.165, 1.54) is 19.3 Å². The number of anilines is 1. The Morgan fingerprint density at radius 1 is 1.29 bits per heavy atom. The highest BCUT2D eigenvalue weighted by Crippen LogP contribution is 2.35. The molecule has 1 fully saturated rings. The van der Waals surface area contributed by atoms with E-state index in [0.717, 1.165) is 31.5 Å². The number of rotatable bonds is 7. The summed E-state index contributed by atoms with van der Waals surface area (Å²) >= 11 is 0. The monoisotopic (exact) mass is 293 g/mol. The van der Waals surface area contributed by atoms with E-state index in [9.17, 15) is 5.11 Å². The molecule has 21 heavy (non-hydrogen) atoms. The molecule has 1 heterocycles. The summed E-state index contributed by atoms with van der Waals surface area (Å²) in [6.07, 6.45) is 6.77. The first-order valence-corrected chi connectivity index (χ1v) is 8.01. The molecule has 0 unspecified atom stereocenters. The molecule has 1 aromatic rings. The molecule has 0 spiro atoms. The summed E-state index contributed by atoms with van der Waals surface area (Å²) in [6, 6.07) is 1.85. The third-order valence-electron chi connectivity index (χ3n) is 4.16. The summed E-state index contributed by atoms with van der Waals surface area (Å²) in [6.45, 7) is 5.62. The maximum absolute atomic E-state index is 9.74. The number of hydrogen-bond donors (Lipinski definition) is 2. The van der Waals surface area contributed by atoms with Crippen LogP contribution < -0.4 is 10.1 Å². The summed E-state index contributed by atoms with van der Waals surface area (Å²) in [4.78, 5) is 8.80. The Hall–Kier alpha value is -1.36. The molecule has 2 N–H and O–H groups in total. The standard InChI is InChI=1S/C16H27N3O2/c1-3-9-21-14-10-13(2)18-15(19-14)17-11-16(12-20)7-5-4-6-8-16/h10,20H,3-9,11-12H2,1-2H3,(H,17,18,19). The molecule has 1 aromatic heterocycles. The first-order chi connectivity index (χ1) is 10.2. The van der Waals surface area contributed by atoms with Gasteiger partial charge in [-0.3, -0.25) is 0 Å². The largest absolute Gasteiger partial charge is 0.478 e. The summed E-state index contributed by atoms with van der Waals surface area (Å²) < 4.78 is 5.58. The molecule has 118 valence electrons. The lowest BCUT2D eigenvalue weighted by Crippen LogP contribution is -2.36. The molecule has 5 nitrogen and oxygen atoms in total. The number of aryl methyl sites for hydroxylation is 1. The van der Waals surface area contributed by atoms with E-state index >= 15 is 0 Å². The number of aliphatic hydroxyl groups excluding tert-OH is 1. The molecular weight excluding hydrogens is 266 g/mol. The van der Waals surface area contributed by atoms with Crippen LogP contribution in [0.1, 0.15) is 51.1 Å². The topological polar surface area (TPSA) is 67.3 Å². The first-order valence-electron chi connectivity index (χ1n) is 8.01. The van der Waals surface area contributed by atoms with Crippen LogP contribution in [-0.4, -0.2) is 34.8 Å². The maximum Gasteiger partial charge on any atom is 0.226 e. The number of ether oxygens (including phenoxy) is 1. The van der Waals surface area contributed by atoms with Gasteiger partial charge < -0.3 is 15.2 Å². The summed E-state index contributed by atoms with van der Waals surface area (Å²) in [5.74, 6) is 1.22. The van der Waals surface area contributed by atoms with E-state index in [-0.39, 0.29) is 12.0 Å². The van der Waals surface area contributed by atoms with Crippen LogP contribution in [0.25, 0.3) is 0 Å². The van der Waals surface area contributed by atoms with Gasteiger partial charge in [-0.05, 0) is 26.2 Å². The molecule has 2 rings (SSSR count). The van der Waals surface area contributed by atoms with E-state index < -0.39 is 0 Å². The smallest absolute Gasteiger partial charge is 0.226 e. The van der Waals surface area contributed by atoms with E-state index in [1.807, 2.05) is 13.0 Å². The normalized spacial score (nSPS) is 17.5. The predicted octanol–water partition coefficient (Wildman–Crippen LogP) is 2.93. The van der Waals surface area contributed by atoms with Gasteiger partial charge in [0.1, 0.15) is 0 Å². The van der Waals surface area contributed by atoms with Gasteiger partial charge in [0.2, 0.25) is 11.8 Å². The minimum atomic E-state index is -0.0181. The second kappa shape index (κ2) is 7.59. The molecule has 1 aliphatic carbocycles. The van der Waals surface area contributed by atoms with Crippen molar-refractivity contribution in [1.29, 1.82) is 0 Å². The summed E-state index contributed by atoms with van der Waals surface area (Å²) in [7, 11) is 0. The van der Waals surface area contributed by atoms with Gasteiger partial charge in [-0.1, -0.05) is 26.2 Å². The van der Waals surface area contributed by atoms with Crippen LogP contribution >= 0.6 is 0 Å². The van der Waals surface area contributed by atoms with E-state index in [4.69, 9.17) is 4.74 Å². The molecule has 1 aliphatic rings. The minimum Gasteiger partial charge on any atom is -0.478 e. The Morgan fingerprint density at radius 2 is 2.05 bits per heavy atom. The van der Waals surface area contributed by atoms with Crippen LogP contribution in [-0.2, 0) is 0 Å². The molecule has 5 heteroatoms. The van der Waals surface area contributed by atoms with Gasteiger partial charge in [0.05, 0.1) is 13.2 Å². The van der Waals surface area contributed by atoms with Gasteiger partial charge in [0, 0.05) is 23.7 Å². The molecule has 0 aliphatic heterocycles. The molecule has 0 radical (unpaired) electrons. The van der Waals surface area contributed by atoms with Crippen molar-refractivity contribution in [3.8, 4) is 5.88 Å². The highest BCUT2D eigenvalue weighted by Gasteiger charge is 2.31. The third-order valence-corrected chi connectivity index (χ3v) is 4.16. The van der Waals surface area contributed by atoms with E-state index in [1.54, 1.807) is 0 Å². The van der Waals surface area contributed by atoms with Gasteiger partial charge in [-0.2, -0.15) is 4.98 Å². The number of aromatic nitrogens is 2. The number of nitrogens with one attached hydrogen (secondary N) is 1. The van der Waals surface area contributed by atoms with E-state index in [0.29, 0.717) is 18.4 Å². The predicted molar refractivity (Wildman–Crippen MR) is 83.6 cm³/mol. The average molecular weight is 293 g/mol. The summed E-state index contributed by atoms with van der Waals surface area (Å²) in [5, 5.41) is 13.0. The minimum absolute atomic E-state index is 0.0181. The van der Waals surface area contributed by atoms with Crippen molar-refractivity contribution in [2.45, 2.75) is 52.4 Å². The van der Waals surface area contributed by atoms with Crippen LogP contribution in [0, 0.1) is 12.3 Å². The molecular formula is C16H27N3O2. The molecule has 0 amide bonds. The van der Waals surface area contributed by atoms with Crippen molar-refractivity contribution in [2.75, 3.05) is 25.1 Å². The second-order valence-corrected chi connectivity index (χ2v) is 6.09. The van der Waals surface area contributed by atoms with Crippen LogP contribution in [0.2, 0.25) is 0 Å². The van der Waals surface area contributed by atoms with Crippen LogP contribution in [0.4, 0.5) is 5.95 Å². The van der Waals surface area contributed by atoms with Gasteiger partial charge in [0.15, 0.2) is 0 Å². The van der Waals surface area contributed by atoms with Gasteiger partial charge in [-0.15, -0.1) is 0 Å². The Balaban J connectivity index is 1.99. The molecule has 0 atom stereocenters. The lowest BCUT2D eigenvalue weighted by Gasteiger charge is -2.35. The fourth-order valence-electron chi connectivity index (χ4n) is 2.86. The second-order valence-electron chi connectivity index (χ2n) is 6.09. The zero-order chi connectivity index (χ0) is 15.1. The molecule has 0 aromatic carbocycles.